The number of benzene rings is 2. The molecule has 0 saturated heterocycles. The van der Waals surface area contributed by atoms with E-state index in [1.54, 1.807) is 12.1 Å². The highest BCUT2D eigenvalue weighted by atomic mass is 15.1. The van der Waals surface area contributed by atoms with Crippen LogP contribution in [-0.4, -0.2) is 0 Å². The van der Waals surface area contributed by atoms with Gasteiger partial charge in [0.05, 0.1) is 17.5 Å². The van der Waals surface area contributed by atoms with Crippen LogP contribution in [0, 0.1) is 11.3 Å². The molecule has 19 heavy (non-hydrogen) atoms. The molecule has 0 aliphatic rings. The summed E-state index contributed by atoms with van der Waals surface area (Å²) in [5.74, 6) is 0.730. The van der Waals surface area contributed by atoms with E-state index in [2.05, 4.69) is 35.4 Å². The summed E-state index contributed by atoms with van der Waals surface area (Å²) in [4.78, 5) is 0. The molecule has 2 rings (SSSR count). The first kappa shape index (κ1) is 12.7. The molecule has 3 nitrogen and oxygen atoms in total. The summed E-state index contributed by atoms with van der Waals surface area (Å²) in [6.45, 7) is 4.65. The molecule has 0 bridgehead atoms. The van der Waals surface area contributed by atoms with Gasteiger partial charge in [0.1, 0.15) is 0 Å². The molecule has 2 aromatic rings. The Balaban J connectivity index is 1.86. The number of nitriles is 1. The summed E-state index contributed by atoms with van der Waals surface area (Å²) in [5, 5.41) is 15.1. The second-order valence-electron chi connectivity index (χ2n) is 4.13. The van der Waals surface area contributed by atoms with E-state index in [1.165, 1.54) is 5.56 Å². The van der Waals surface area contributed by atoms with Crippen LogP contribution in [0.1, 0.15) is 11.1 Å². The zero-order chi connectivity index (χ0) is 13.5. The van der Waals surface area contributed by atoms with Crippen molar-refractivity contribution in [2.45, 2.75) is 6.54 Å². The van der Waals surface area contributed by atoms with Gasteiger partial charge in [0.15, 0.2) is 0 Å². The van der Waals surface area contributed by atoms with Gasteiger partial charge in [-0.3, -0.25) is 0 Å². The number of rotatable bonds is 5. The van der Waals surface area contributed by atoms with Gasteiger partial charge in [-0.1, -0.05) is 36.9 Å². The summed E-state index contributed by atoms with van der Waals surface area (Å²) in [6, 6.07) is 19.5. The van der Waals surface area contributed by atoms with Crippen molar-refractivity contribution in [3.8, 4) is 6.07 Å². The third-order valence-corrected chi connectivity index (χ3v) is 2.66. The molecule has 2 aromatic carbocycles. The van der Waals surface area contributed by atoms with E-state index in [0.29, 0.717) is 5.56 Å². The molecular formula is C16H15N3. The lowest BCUT2D eigenvalue weighted by molar-refractivity contribution is 0.820. The molecule has 3 heteroatoms. The van der Waals surface area contributed by atoms with Crippen LogP contribution in [0.5, 0.6) is 0 Å². The quantitative estimate of drug-likeness (QED) is 0.855. The Bertz CT molecular complexity index is 580. The van der Waals surface area contributed by atoms with Crippen LogP contribution in [0.2, 0.25) is 0 Å². The van der Waals surface area contributed by atoms with E-state index in [1.807, 2.05) is 30.3 Å². The molecule has 0 fully saturated rings. The number of hydrogen-bond acceptors (Lipinski definition) is 3. The summed E-state index contributed by atoms with van der Waals surface area (Å²) >= 11 is 0. The monoisotopic (exact) mass is 249 g/mol. The van der Waals surface area contributed by atoms with E-state index >= 15 is 0 Å². The first-order chi connectivity index (χ1) is 9.28. The van der Waals surface area contributed by atoms with Crippen molar-refractivity contribution in [1.82, 2.24) is 5.32 Å². The van der Waals surface area contributed by atoms with E-state index in [0.717, 1.165) is 18.1 Å². The zero-order valence-electron chi connectivity index (χ0n) is 10.6. The first-order valence-electron chi connectivity index (χ1n) is 6.02. The van der Waals surface area contributed by atoms with Crippen molar-refractivity contribution >= 4 is 5.69 Å². The standard InChI is InChI=1S/C16H15N3/c1-13(18-12-15-5-3-2-4-6-15)19-16-9-7-14(11-17)8-10-16/h2-10,18-19H,1,12H2. The van der Waals surface area contributed by atoms with Crippen molar-refractivity contribution in [3.63, 3.8) is 0 Å². The van der Waals surface area contributed by atoms with E-state index in [-0.39, 0.29) is 0 Å². The summed E-state index contributed by atoms with van der Waals surface area (Å²) in [5.41, 5.74) is 2.75. The van der Waals surface area contributed by atoms with Crippen molar-refractivity contribution in [3.05, 3.63) is 78.1 Å². The average molecular weight is 249 g/mol. The van der Waals surface area contributed by atoms with Crippen LogP contribution in [0.15, 0.2) is 67.0 Å². The molecule has 2 N–H and O–H groups in total. The fourth-order valence-electron chi connectivity index (χ4n) is 1.65. The van der Waals surface area contributed by atoms with Crippen molar-refractivity contribution < 1.29 is 0 Å². The number of anilines is 1. The highest BCUT2D eigenvalue weighted by Crippen LogP contribution is 2.10. The summed E-state index contributed by atoms with van der Waals surface area (Å²) in [6.07, 6.45) is 0. The molecule has 0 aliphatic carbocycles. The minimum absolute atomic E-state index is 0.647. The van der Waals surface area contributed by atoms with Crippen LogP contribution in [0.25, 0.3) is 0 Å². The van der Waals surface area contributed by atoms with E-state index in [9.17, 15) is 0 Å². The molecule has 0 atom stereocenters. The predicted molar refractivity (Wildman–Crippen MR) is 77.2 cm³/mol. The van der Waals surface area contributed by atoms with Gasteiger partial charge in [0, 0.05) is 12.2 Å². The first-order valence-corrected chi connectivity index (χ1v) is 6.02. The van der Waals surface area contributed by atoms with Crippen LogP contribution in [0.4, 0.5) is 5.69 Å². The third-order valence-electron chi connectivity index (χ3n) is 2.66. The molecule has 0 amide bonds. The fraction of sp³-hybridized carbons (Fsp3) is 0.0625. The average Bonchev–Trinajstić information content (AvgIpc) is 2.47. The molecular weight excluding hydrogens is 234 g/mol. The highest BCUT2D eigenvalue weighted by Gasteiger charge is 1.96. The fourth-order valence-corrected chi connectivity index (χ4v) is 1.65. The lowest BCUT2D eigenvalue weighted by atomic mass is 10.2. The van der Waals surface area contributed by atoms with Crippen LogP contribution >= 0.6 is 0 Å². The van der Waals surface area contributed by atoms with Crippen LogP contribution < -0.4 is 10.6 Å². The van der Waals surface area contributed by atoms with Crippen molar-refractivity contribution in [2.75, 3.05) is 5.32 Å². The third kappa shape index (κ3) is 3.90. The molecule has 0 aromatic heterocycles. The van der Waals surface area contributed by atoms with E-state index in [4.69, 9.17) is 5.26 Å². The normalized spacial score (nSPS) is 9.42. The Morgan fingerprint density at radius 1 is 1.05 bits per heavy atom. The second kappa shape index (κ2) is 6.27. The molecule has 0 saturated carbocycles. The minimum Gasteiger partial charge on any atom is -0.368 e. The maximum absolute atomic E-state index is 8.72. The predicted octanol–water partition coefficient (Wildman–Crippen LogP) is 3.23. The Morgan fingerprint density at radius 2 is 1.74 bits per heavy atom. The Kier molecular flexibility index (Phi) is 4.20. The molecule has 0 aliphatic heterocycles. The Morgan fingerprint density at radius 3 is 2.37 bits per heavy atom. The minimum atomic E-state index is 0.647. The second-order valence-corrected chi connectivity index (χ2v) is 4.13. The summed E-state index contributed by atoms with van der Waals surface area (Å²) in [7, 11) is 0. The number of hydrogen-bond donors (Lipinski definition) is 2. The molecule has 0 radical (unpaired) electrons. The van der Waals surface area contributed by atoms with Gasteiger partial charge in [0.2, 0.25) is 0 Å². The maximum Gasteiger partial charge on any atom is 0.0991 e. The Hall–Kier alpha value is -2.73. The van der Waals surface area contributed by atoms with Gasteiger partial charge in [-0.15, -0.1) is 0 Å². The molecule has 0 heterocycles. The number of nitrogens with zero attached hydrogens (tertiary/aromatic N) is 1. The summed E-state index contributed by atoms with van der Waals surface area (Å²) < 4.78 is 0. The largest absolute Gasteiger partial charge is 0.368 e. The smallest absolute Gasteiger partial charge is 0.0991 e. The topological polar surface area (TPSA) is 47.8 Å². The Labute approximate surface area is 113 Å². The lowest BCUT2D eigenvalue weighted by Gasteiger charge is -2.12. The van der Waals surface area contributed by atoms with Crippen molar-refractivity contribution in [1.29, 1.82) is 5.26 Å². The molecule has 94 valence electrons. The highest BCUT2D eigenvalue weighted by molar-refractivity contribution is 5.50. The number of nitrogens with one attached hydrogen (secondary N) is 2. The SMILES string of the molecule is C=C(NCc1ccccc1)Nc1ccc(C#N)cc1. The maximum atomic E-state index is 8.72. The van der Waals surface area contributed by atoms with Gasteiger partial charge in [-0.05, 0) is 29.8 Å². The molecule has 0 spiro atoms. The van der Waals surface area contributed by atoms with Gasteiger partial charge < -0.3 is 10.6 Å². The van der Waals surface area contributed by atoms with Gasteiger partial charge in [-0.25, -0.2) is 0 Å². The lowest BCUT2D eigenvalue weighted by Crippen LogP contribution is -2.18. The van der Waals surface area contributed by atoms with Gasteiger partial charge in [0.25, 0.3) is 0 Å². The van der Waals surface area contributed by atoms with Crippen molar-refractivity contribution in [2.24, 2.45) is 0 Å². The molecule has 0 unspecified atom stereocenters. The zero-order valence-corrected chi connectivity index (χ0v) is 10.6. The van der Waals surface area contributed by atoms with Gasteiger partial charge >= 0.3 is 0 Å². The van der Waals surface area contributed by atoms with E-state index < -0.39 is 0 Å². The van der Waals surface area contributed by atoms with Crippen LogP contribution in [0.3, 0.4) is 0 Å². The van der Waals surface area contributed by atoms with Crippen LogP contribution in [-0.2, 0) is 6.54 Å². The van der Waals surface area contributed by atoms with Gasteiger partial charge in [-0.2, -0.15) is 5.26 Å².